The maximum atomic E-state index is 13.8. The molecule has 0 bridgehead atoms. The highest BCUT2D eigenvalue weighted by molar-refractivity contribution is 7.89. The van der Waals surface area contributed by atoms with Crippen molar-refractivity contribution in [2.75, 3.05) is 19.0 Å². The van der Waals surface area contributed by atoms with Crippen molar-refractivity contribution in [1.29, 1.82) is 0 Å². The van der Waals surface area contributed by atoms with Crippen LogP contribution in [0.1, 0.15) is 5.56 Å². The molecule has 0 saturated carbocycles. The Bertz CT molecular complexity index is 1040. The summed E-state index contributed by atoms with van der Waals surface area (Å²) in [7, 11) is -2.30. The molecular weight excluding hydrogens is 359 g/mol. The van der Waals surface area contributed by atoms with Gasteiger partial charge in [-0.2, -0.15) is 0 Å². The number of hydrogen-bond acceptors (Lipinski definition) is 6. The molecule has 0 spiro atoms. The molecule has 7 nitrogen and oxygen atoms in total. The van der Waals surface area contributed by atoms with Gasteiger partial charge in [0.25, 0.3) is 0 Å². The van der Waals surface area contributed by atoms with E-state index in [2.05, 4.69) is 15.3 Å². The van der Waals surface area contributed by atoms with Gasteiger partial charge >= 0.3 is 0 Å². The van der Waals surface area contributed by atoms with Gasteiger partial charge in [0.2, 0.25) is 10.0 Å². The fourth-order valence-electron chi connectivity index (χ4n) is 2.53. The molecule has 26 heavy (non-hydrogen) atoms. The zero-order valence-electron chi connectivity index (χ0n) is 13.9. The molecule has 0 aliphatic heterocycles. The minimum atomic E-state index is -3.69. The predicted octanol–water partition coefficient (Wildman–Crippen LogP) is 2.08. The molecule has 0 fully saturated rings. The number of primary sulfonamides is 1. The Hall–Kier alpha value is -2.78. The van der Waals surface area contributed by atoms with Gasteiger partial charge in [-0.05, 0) is 30.2 Å². The first-order valence-corrected chi connectivity index (χ1v) is 9.27. The molecule has 0 saturated heterocycles. The van der Waals surface area contributed by atoms with E-state index in [1.54, 1.807) is 18.2 Å². The fourth-order valence-corrected chi connectivity index (χ4v) is 3.04. The molecule has 2 aromatic carbocycles. The zero-order valence-corrected chi connectivity index (χ0v) is 14.8. The van der Waals surface area contributed by atoms with Crippen LogP contribution in [0.2, 0.25) is 0 Å². The summed E-state index contributed by atoms with van der Waals surface area (Å²) in [5.74, 6) is 0.197. The molecule has 136 valence electrons. The molecule has 0 aliphatic carbocycles. The molecule has 3 N–H and O–H groups in total. The Morgan fingerprint density at radius 3 is 2.58 bits per heavy atom. The average Bonchev–Trinajstić information content (AvgIpc) is 2.61. The second kappa shape index (κ2) is 7.22. The van der Waals surface area contributed by atoms with Gasteiger partial charge < -0.3 is 10.1 Å². The van der Waals surface area contributed by atoms with Gasteiger partial charge in [0.15, 0.2) is 11.6 Å². The molecule has 1 heterocycles. The van der Waals surface area contributed by atoms with Gasteiger partial charge in [-0.3, -0.25) is 0 Å². The summed E-state index contributed by atoms with van der Waals surface area (Å²) in [6.45, 7) is 0.542. The quantitative estimate of drug-likeness (QED) is 0.682. The zero-order chi connectivity index (χ0) is 18.7. The third-order valence-corrected chi connectivity index (χ3v) is 4.80. The van der Waals surface area contributed by atoms with Crippen molar-refractivity contribution in [1.82, 2.24) is 9.97 Å². The maximum Gasteiger partial charge on any atom is 0.238 e. The van der Waals surface area contributed by atoms with Crippen LogP contribution in [0.4, 0.5) is 10.2 Å². The van der Waals surface area contributed by atoms with E-state index >= 15 is 0 Å². The van der Waals surface area contributed by atoms with Crippen LogP contribution < -0.4 is 15.2 Å². The number of nitrogens with one attached hydrogen (secondary N) is 1. The van der Waals surface area contributed by atoms with Crippen LogP contribution >= 0.6 is 0 Å². The van der Waals surface area contributed by atoms with Gasteiger partial charge in [0, 0.05) is 18.0 Å². The number of aromatic nitrogens is 2. The van der Waals surface area contributed by atoms with E-state index < -0.39 is 15.8 Å². The molecule has 9 heteroatoms. The van der Waals surface area contributed by atoms with Gasteiger partial charge in [-0.1, -0.05) is 12.1 Å². The van der Waals surface area contributed by atoms with Gasteiger partial charge in [0.1, 0.15) is 12.1 Å². The molecular formula is C17H17FN4O3S. The molecule has 0 amide bonds. The van der Waals surface area contributed by atoms with Crippen molar-refractivity contribution >= 4 is 26.7 Å². The monoisotopic (exact) mass is 376 g/mol. The van der Waals surface area contributed by atoms with Crippen LogP contribution in [0.5, 0.6) is 5.75 Å². The van der Waals surface area contributed by atoms with Crippen molar-refractivity contribution in [2.24, 2.45) is 5.14 Å². The number of hydrogen-bond donors (Lipinski definition) is 2. The number of fused-ring (bicyclic) bond motifs is 1. The van der Waals surface area contributed by atoms with E-state index in [9.17, 15) is 12.8 Å². The summed E-state index contributed by atoms with van der Waals surface area (Å²) < 4.78 is 41.3. The van der Waals surface area contributed by atoms with Crippen LogP contribution in [-0.4, -0.2) is 32.0 Å². The molecule has 3 rings (SSSR count). The lowest BCUT2D eigenvalue weighted by Gasteiger charge is -2.10. The first-order valence-electron chi connectivity index (χ1n) is 7.72. The van der Waals surface area contributed by atoms with Crippen LogP contribution in [0.25, 0.3) is 10.9 Å². The van der Waals surface area contributed by atoms with E-state index in [-0.39, 0.29) is 10.6 Å². The van der Waals surface area contributed by atoms with E-state index in [4.69, 9.17) is 9.88 Å². The number of nitrogens with two attached hydrogens (primary N) is 1. The molecule has 3 aromatic rings. The Labute approximate surface area is 150 Å². The van der Waals surface area contributed by atoms with Crippen molar-refractivity contribution < 1.29 is 17.5 Å². The Morgan fingerprint density at radius 1 is 1.19 bits per heavy atom. The number of halogens is 1. The van der Waals surface area contributed by atoms with Crippen LogP contribution in [-0.2, 0) is 16.4 Å². The maximum absolute atomic E-state index is 13.8. The molecule has 0 unspecified atom stereocenters. The van der Waals surface area contributed by atoms with E-state index in [1.807, 2.05) is 0 Å². The number of methoxy groups -OCH3 is 1. The number of benzene rings is 2. The molecule has 0 aliphatic rings. The standard InChI is InChI=1S/C17H17FN4O3S/c1-25-16-8-13-15(9-14(16)18)21-10-22-17(13)20-7-6-11-2-4-12(5-3-11)26(19,23)24/h2-5,8-10H,6-7H2,1H3,(H2,19,23,24)(H,20,21,22). The highest BCUT2D eigenvalue weighted by Crippen LogP contribution is 2.27. The first kappa shape index (κ1) is 18.0. The lowest BCUT2D eigenvalue weighted by molar-refractivity contribution is 0.387. The first-order chi connectivity index (χ1) is 12.4. The lowest BCUT2D eigenvalue weighted by Crippen LogP contribution is -2.12. The molecule has 0 radical (unpaired) electrons. The number of nitrogens with zero attached hydrogens (tertiary/aromatic N) is 2. The normalized spacial score (nSPS) is 11.5. The number of sulfonamides is 1. The SMILES string of the molecule is COc1cc2c(NCCc3ccc(S(N)(=O)=O)cc3)ncnc2cc1F. The second-order valence-electron chi connectivity index (χ2n) is 5.59. The molecule has 0 atom stereocenters. The number of rotatable bonds is 6. The van der Waals surface area contributed by atoms with Crippen molar-refractivity contribution in [3.05, 3.63) is 54.1 Å². The molecule has 1 aromatic heterocycles. The lowest BCUT2D eigenvalue weighted by atomic mass is 10.1. The minimum absolute atomic E-state index is 0.0742. The Morgan fingerprint density at radius 2 is 1.92 bits per heavy atom. The third-order valence-electron chi connectivity index (χ3n) is 3.87. The predicted molar refractivity (Wildman–Crippen MR) is 96.1 cm³/mol. The second-order valence-corrected chi connectivity index (χ2v) is 7.15. The van der Waals surface area contributed by atoms with E-state index in [0.717, 1.165) is 5.56 Å². The average molecular weight is 376 g/mol. The summed E-state index contributed by atoms with van der Waals surface area (Å²) in [5.41, 5.74) is 1.41. The largest absolute Gasteiger partial charge is 0.494 e. The number of anilines is 1. The van der Waals surface area contributed by atoms with Crippen molar-refractivity contribution in [3.63, 3.8) is 0 Å². The summed E-state index contributed by atoms with van der Waals surface area (Å²) in [6.07, 6.45) is 1.99. The summed E-state index contributed by atoms with van der Waals surface area (Å²) in [5, 5.41) is 8.91. The summed E-state index contributed by atoms with van der Waals surface area (Å²) in [4.78, 5) is 8.33. The minimum Gasteiger partial charge on any atom is -0.494 e. The number of ether oxygens (including phenoxy) is 1. The summed E-state index contributed by atoms with van der Waals surface area (Å²) in [6, 6.07) is 9.20. The smallest absolute Gasteiger partial charge is 0.238 e. The summed E-state index contributed by atoms with van der Waals surface area (Å²) >= 11 is 0. The van der Waals surface area contributed by atoms with Crippen LogP contribution in [0, 0.1) is 5.82 Å². The highest BCUT2D eigenvalue weighted by atomic mass is 32.2. The van der Waals surface area contributed by atoms with Crippen molar-refractivity contribution in [3.8, 4) is 5.75 Å². The van der Waals surface area contributed by atoms with Gasteiger partial charge in [-0.25, -0.2) is 27.9 Å². The van der Waals surface area contributed by atoms with Gasteiger partial charge in [0.05, 0.1) is 17.5 Å². The van der Waals surface area contributed by atoms with Crippen molar-refractivity contribution in [2.45, 2.75) is 11.3 Å². The van der Waals surface area contributed by atoms with E-state index in [0.29, 0.717) is 29.7 Å². The van der Waals surface area contributed by atoms with Gasteiger partial charge in [-0.15, -0.1) is 0 Å². The Balaban J connectivity index is 1.74. The van der Waals surface area contributed by atoms with E-state index in [1.165, 1.54) is 31.6 Å². The third kappa shape index (κ3) is 3.89. The van der Waals surface area contributed by atoms with Crippen LogP contribution in [0.3, 0.4) is 0 Å². The Kier molecular flexibility index (Phi) is 5.01. The topological polar surface area (TPSA) is 107 Å². The fraction of sp³-hybridized carbons (Fsp3) is 0.176. The van der Waals surface area contributed by atoms with Crippen LogP contribution in [0.15, 0.2) is 47.6 Å². The highest BCUT2D eigenvalue weighted by Gasteiger charge is 2.10.